The van der Waals surface area contributed by atoms with E-state index in [9.17, 15) is 9.18 Å². The molecule has 0 N–H and O–H groups in total. The highest BCUT2D eigenvalue weighted by atomic mass is 19.1. The highest BCUT2D eigenvalue weighted by Gasteiger charge is 2.27. The summed E-state index contributed by atoms with van der Waals surface area (Å²) in [7, 11) is 3.27. The topological polar surface area (TPSA) is 59.8 Å². The van der Waals surface area contributed by atoms with Gasteiger partial charge in [0.25, 0.3) is 5.91 Å². The van der Waals surface area contributed by atoms with E-state index in [0.717, 1.165) is 22.7 Å². The molecule has 4 aromatic rings. The maximum Gasteiger partial charge on any atom is 0.272 e. The predicted molar refractivity (Wildman–Crippen MR) is 137 cm³/mol. The van der Waals surface area contributed by atoms with Crippen LogP contribution in [0.25, 0.3) is 16.9 Å². The number of carbonyl (C=O) groups excluding carboxylic acids is 1. The van der Waals surface area contributed by atoms with Crippen LogP contribution in [0, 0.1) is 5.82 Å². The fourth-order valence-corrected chi connectivity index (χ4v) is 4.42. The number of carbonyl (C=O) groups is 1. The molecule has 0 radical (unpaired) electrons. The highest BCUT2D eigenvalue weighted by molar-refractivity contribution is 5.94. The second kappa shape index (κ2) is 10.1. The van der Waals surface area contributed by atoms with Crippen molar-refractivity contribution in [1.29, 1.82) is 0 Å². The number of methoxy groups -OCH3 is 2. The van der Waals surface area contributed by atoms with Gasteiger partial charge in [-0.15, -0.1) is 0 Å². The van der Waals surface area contributed by atoms with Crippen molar-refractivity contribution in [2.45, 2.75) is 0 Å². The summed E-state index contributed by atoms with van der Waals surface area (Å²) < 4.78 is 25.9. The van der Waals surface area contributed by atoms with Crippen molar-refractivity contribution < 1.29 is 18.7 Å². The van der Waals surface area contributed by atoms with Crippen LogP contribution in [0.1, 0.15) is 10.5 Å². The third kappa shape index (κ3) is 4.62. The third-order valence-corrected chi connectivity index (χ3v) is 6.38. The van der Waals surface area contributed by atoms with E-state index in [2.05, 4.69) is 4.90 Å². The van der Waals surface area contributed by atoms with Gasteiger partial charge in [-0.05, 0) is 66.7 Å². The monoisotopic (exact) mass is 486 g/mol. The molecular weight excluding hydrogens is 459 g/mol. The van der Waals surface area contributed by atoms with Crippen LogP contribution < -0.4 is 14.4 Å². The fraction of sp³-hybridized carbons (Fsp3) is 0.214. The van der Waals surface area contributed by atoms with Gasteiger partial charge >= 0.3 is 0 Å². The SMILES string of the molecule is COc1ccc(-n2nc(-c3ccc(F)cc3)cc2C(=O)N2CCN(c3ccccc3OC)CC2)cc1. The lowest BCUT2D eigenvalue weighted by Gasteiger charge is -2.36. The number of hydrogen-bond acceptors (Lipinski definition) is 5. The van der Waals surface area contributed by atoms with Crippen molar-refractivity contribution in [1.82, 2.24) is 14.7 Å². The maximum absolute atomic E-state index is 13.7. The number of para-hydroxylation sites is 2. The summed E-state index contributed by atoms with van der Waals surface area (Å²) in [4.78, 5) is 17.8. The molecule has 5 rings (SSSR count). The molecule has 0 spiro atoms. The quantitative estimate of drug-likeness (QED) is 0.397. The number of aromatic nitrogens is 2. The standard InChI is InChI=1S/C28H27FN4O3/c1-35-23-13-11-22(12-14-23)33-26(19-24(30-33)20-7-9-21(29)10-8-20)28(34)32-17-15-31(16-18-32)25-5-3-4-6-27(25)36-2/h3-14,19H,15-18H2,1-2H3. The van der Waals surface area contributed by atoms with Gasteiger partial charge in [-0.1, -0.05) is 12.1 Å². The van der Waals surface area contributed by atoms with Gasteiger partial charge in [0.15, 0.2) is 0 Å². The Hall–Kier alpha value is -4.33. The van der Waals surface area contributed by atoms with Crippen LogP contribution in [0.4, 0.5) is 10.1 Å². The summed E-state index contributed by atoms with van der Waals surface area (Å²) in [5, 5.41) is 4.72. The summed E-state index contributed by atoms with van der Waals surface area (Å²) in [5.41, 5.74) is 3.54. The van der Waals surface area contributed by atoms with Crippen molar-refractivity contribution in [3.05, 3.63) is 90.4 Å². The molecule has 0 bridgehead atoms. The highest BCUT2D eigenvalue weighted by Crippen LogP contribution is 2.29. The van der Waals surface area contributed by atoms with Crippen molar-refractivity contribution in [3.63, 3.8) is 0 Å². The number of halogens is 1. The molecule has 184 valence electrons. The van der Waals surface area contributed by atoms with E-state index in [-0.39, 0.29) is 11.7 Å². The van der Waals surface area contributed by atoms with Gasteiger partial charge in [0.2, 0.25) is 0 Å². The van der Waals surface area contributed by atoms with Gasteiger partial charge in [0.05, 0.1) is 31.3 Å². The molecule has 8 heteroatoms. The smallest absolute Gasteiger partial charge is 0.272 e. The van der Waals surface area contributed by atoms with Crippen molar-refractivity contribution in [2.75, 3.05) is 45.3 Å². The van der Waals surface area contributed by atoms with Gasteiger partial charge in [-0.3, -0.25) is 4.79 Å². The summed E-state index contributed by atoms with van der Waals surface area (Å²) in [6.07, 6.45) is 0. The van der Waals surface area contributed by atoms with Gasteiger partial charge in [0, 0.05) is 31.7 Å². The Kier molecular flexibility index (Phi) is 6.58. The van der Waals surface area contributed by atoms with Gasteiger partial charge in [-0.2, -0.15) is 5.10 Å². The van der Waals surface area contributed by atoms with Crippen molar-refractivity contribution in [2.24, 2.45) is 0 Å². The molecule has 0 atom stereocenters. The molecule has 0 unspecified atom stereocenters. The summed E-state index contributed by atoms with van der Waals surface area (Å²) in [6, 6.07) is 23.2. The molecule has 1 aromatic heterocycles. The lowest BCUT2D eigenvalue weighted by Crippen LogP contribution is -2.49. The summed E-state index contributed by atoms with van der Waals surface area (Å²) in [5.74, 6) is 1.10. The third-order valence-electron chi connectivity index (χ3n) is 6.38. The minimum Gasteiger partial charge on any atom is -0.497 e. The van der Waals surface area contributed by atoms with E-state index < -0.39 is 0 Å². The zero-order valence-electron chi connectivity index (χ0n) is 20.2. The number of rotatable bonds is 6. The summed E-state index contributed by atoms with van der Waals surface area (Å²) in [6.45, 7) is 2.51. The molecule has 2 heterocycles. The zero-order valence-corrected chi connectivity index (χ0v) is 20.2. The molecule has 36 heavy (non-hydrogen) atoms. The van der Waals surface area contributed by atoms with Crippen molar-refractivity contribution >= 4 is 11.6 Å². The maximum atomic E-state index is 13.7. The molecule has 3 aromatic carbocycles. The van der Waals surface area contributed by atoms with Crippen LogP contribution in [0.2, 0.25) is 0 Å². The molecule has 0 saturated carbocycles. The van der Waals surface area contributed by atoms with Crippen LogP contribution in [0.3, 0.4) is 0 Å². The minimum atomic E-state index is -0.322. The first-order chi connectivity index (χ1) is 17.6. The lowest BCUT2D eigenvalue weighted by molar-refractivity contribution is 0.0737. The van der Waals surface area contributed by atoms with Crippen LogP contribution in [-0.4, -0.2) is 61.0 Å². The van der Waals surface area contributed by atoms with Crippen LogP contribution >= 0.6 is 0 Å². The van der Waals surface area contributed by atoms with Crippen LogP contribution in [0.5, 0.6) is 11.5 Å². The van der Waals surface area contributed by atoms with E-state index >= 15 is 0 Å². The van der Waals surface area contributed by atoms with Crippen molar-refractivity contribution in [3.8, 4) is 28.4 Å². The van der Waals surface area contributed by atoms with E-state index in [4.69, 9.17) is 14.6 Å². The molecule has 1 fully saturated rings. The normalized spacial score (nSPS) is 13.5. The van der Waals surface area contributed by atoms with E-state index in [1.807, 2.05) is 53.4 Å². The number of ether oxygens (including phenoxy) is 2. The molecule has 1 saturated heterocycles. The largest absolute Gasteiger partial charge is 0.497 e. The number of nitrogens with zero attached hydrogens (tertiary/aromatic N) is 4. The van der Waals surface area contributed by atoms with E-state index in [1.54, 1.807) is 37.1 Å². The molecule has 1 aliphatic rings. The second-order valence-corrected chi connectivity index (χ2v) is 8.48. The molecule has 0 aliphatic carbocycles. The first-order valence-corrected chi connectivity index (χ1v) is 11.7. The Labute approximate surface area is 209 Å². The van der Waals surface area contributed by atoms with Crippen LogP contribution in [-0.2, 0) is 0 Å². The second-order valence-electron chi connectivity index (χ2n) is 8.48. The fourth-order valence-electron chi connectivity index (χ4n) is 4.42. The minimum absolute atomic E-state index is 0.105. The van der Waals surface area contributed by atoms with Crippen LogP contribution in [0.15, 0.2) is 78.9 Å². The number of piperazine rings is 1. The molecule has 7 nitrogen and oxygen atoms in total. The summed E-state index contributed by atoms with van der Waals surface area (Å²) >= 11 is 0. The first kappa shape index (κ1) is 23.4. The average molecular weight is 487 g/mol. The van der Waals surface area contributed by atoms with Gasteiger partial charge < -0.3 is 19.3 Å². The number of anilines is 1. The Morgan fingerprint density at radius 2 is 1.56 bits per heavy atom. The van der Waals surface area contributed by atoms with Gasteiger partial charge in [-0.25, -0.2) is 9.07 Å². The first-order valence-electron chi connectivity index (χ1n) is 11.7. The Morgan fingerprint density at radius 3 is 2.22 bits per heavy atom. The van der Waals surface area contributed by atoms with Gasteiger partial charge in [0.1, 0.15) is 23.0 Å². The Morgan fingerprint density at radius 1 is 0.861 bits per heavy atom. The molecular formula is C28H27FN4O3. The number of amides is 1. The molecule has 1 amide bonds. The van der Waals surface area contributed by atoms with E-state index in [0.29, 0.717) is 43.3 Å². The predicted octanol–water partition coefficient (Wildman–Crippen LogP) is 4.66. The molecule has 1 aliphatic heterocycles. The number of benzene rings is 3. The Bertz CT molecular complexity index is 1340. The lowest BCUT2D eigenvalue weighted by atomic mass is 10.1. The number of hydrogen-bond donors (Lipinski definition) is 0. The van der Waals surface area contributed by atoms with E-state index in [1.165, 1.54) is 12.1 Å². The average Bonchev–Trinajstić information content (AvgIpc) is 3.38. The Balaban J connectivity index is 1.43. The zero-order chi connectivity index (χ0) is 25.1.